The largest absolute Gasteiger partial charge is 0.383 e. The van der Waals surface area contributed by atoms with E-state index < -0.39 is 4.92 Å². The molecule has 0 aliphatic carbocycles. The van der Waals surface area contributed by atoms with Crippen molar-refractivity contribution in [2.45, 2.75) is 13.0 Å². The Morgan fingerprint density at radius 3 is 2.59 bits per heavy atom. The lowest BCUT2D eigenvalue weighted by atomic mass is 10.3. The Kier molecular flexibility index (Phi) is 7.69. The van der Waals surface area contributed by atoms with E-state index >= 15 is 0 Å². The fourth-order valence-corrected chi connectivity index (χ4v) is 1.81. The van der Waals surface area contributed by atoms with Gasteiger partial charge in [-0.3, -0.25) is 15.1 Å². The van der Waals surface area contributed by atoms with Crippen molar-refractivity contribution in [3.05, 3.63) is 34.4 Å². The van der Waals surface area contributed by atoms with Crippen LogP contribution in [0.1, 0.15) is 6.92 Å². The van der Waals surface area contributed by atoms with Gasteiger partial charge in [0.25, 0.3) is 5.69 Å². The van der Waals surface area contributed by atoms with Crippen LogP contribution in [-0.4, -0.2) is 50.8 Å². The Morgan fingerprint density at radius 2 is 2.05 bits per heavy atom. The molecule has 8 nitrogen and oxygen atoms in total. The highest BCUT2D eigenvalue weighted by atomic mass is 16.6. The summed E-state index contributed by atoms with van der Waals surface area (Å²) in [5, 5.41) is 20.1. The van der Waals surface area contributed by atoms with Crippen LogP contribution in [0.15, 0.2) is 29.3 Å². The average molecular weight is 309 g/mol. The highest BCUT2D eigenvalue weighted by Crippen LogP contribution is 2.14. The highest BCUT2D eigenvalue weighted by molar-refractivity contribution is 5.79. The molecule has 0 saturated heterocycles. The summed E-state index contributed by atoms with van der Waals surface area (Å²) in [6.07, 6.45) is 0. The second-order valence-electron chi connectivity index (χ2n) is 4.73. The van der Waals surface area contributed by atoms with Gasteiger partial charge in [0, 0.05) is 51.1 Å². The second kappa shape index (κ2) is 9.56. The Balaban J connectivity index is 2.30. The van der Waals surface area contributed by atoms with Crippen molar-refractivity contribution in [1.82, 2.24) is 10.6 Å². The zero-order valence-corrected chi connectivity index (χ0v) is 13.1. The predicted octanol–water partition coefficient (Wildman–Crippen LogP) is 1.21. The fourth-order valence-electron chi connectivity index (χ4n) is 1.81. The number of benzene rings is 1. The zero-order valence-electron chi connectivity index (χ0n) is 13.1. The molecule has 0 saturated carbocycles. The molecule has 22 heavy (non-hydrogen) atoms. The quantitative estimate of drug-likeness (QED) is 0.219. The first-order valence-corrected chi connectivity index (χ1v) is 7.01. The van der Waals surface area contributed by atoms with Gasteiger partial charge in [-0.15, -0.1) is 0 Å². The van der Waals surface area contributed by atoms with Crippen molar-refractivity contribution in [3.63, 3.8) is 0 Å². The zero-order chi connectivity index (χ0) is 16.4. The van der Waals surface area contributed by atoms with E-state index in [4.69, 9.17) is 4.74 Å². The van der Waals surface area contributed by atoms with E-state index in [-0.39, 0.29) is 11.7 Å². The van der Waals surface area contributed by atoms with E-state index in [0.717, 1.165) is 5.69 Å². The summed E-state index contributed by atoms with van der Waals surface area (Å²) in [5.74, 6) is 0.704. The first kappa shape index (κ1) is 17.7. The van der Waals surface area contributed by atoms with E-state index in [1.54, 1.807) is 26.3 Å². The monoisotopic (exact) mass is 309 g/mol. The van der Waals surface area contributed by atoms with Crippen LogP contribution in [0.3, 0.4) is 0 Å². The van der Waals surface area contributed by atoms with Gasteiger partial charge in [-0.1, -0.05) is 0 Å². The third kappa shape index (κ3) is 6.40. The minimum atomic E-state index is -0.415. The lowest BCUT2D eigenvalue weighted by Gasteiger charge is -2.17. The van der Waals surface area contributed by atoms with Crippen LogP contribution in [-0.2, 0) is 4.74 Å². The molecule has 1 aromatic rings. The molecule has 0 heterocycles. The molecule has 0 amide bonds. The Morgan fingerprint density at radius 1 is 1.36 bits per heavy atom. The van der Waals surface area contributed by atoms with Crippen molar-refractivity contribution in [1.29, 1.82) is 0 Å². The topological polar surface area (TPSA) is 101 Å². The Hall–Kier alpha value is -2.35. The van der Waals surface area contributed by atoms with Crippen LogP contribution in [0.5, 0.6) is 0 Å². The van der Waals surface area contributed by atoms with Gasteiger partial charge in [-0.05, 0) is 19.1 Å². The van der Waals surface area contributed by atoms with Crippen molar-refractivity contribution in [3.8, 4) is 0 Å². The third-order valence-electron chi connectivity index (χ3n) is 2.85. The first-order valence-electron chi connectivity index (χ1n) is 7.01. The Labute approximate surface area is 130 Å². The number of rotatable bonds is 8. The number of nitro benzene ring substituents is 1. The van der Waals surface area contributed by atoms with Crippen LogP contribution in [0, 0.1) is 10.1 Å². The number of hydrogen-bond donors (Lipinski definition) is 3. The third-order valence-corrected chi connectivity index (χ3v) is 2.85. The standard InChI is InChI=1S/C14H23N5O3/c1-11(10-22-3)18-14(15-2)17-9-8-16-12-4-6-13(7-5-12)19(20)21/h4-7,11,16H,8-10H2,1-3H3,(H2,15,17,18). The first-order chi connectivity index (χ1) is 10.6. The van der Waals surface area contributed by atoms with E-state index in [2.05, 4.69) is 20.9 Å². The van der Waals surface area contributed by atoms with Crippen LogP contribution < -0.4 is 16.0 Å². The maximum Gasteiger partial charge on any atom is 0.269 e. The number of nitro groups is 1. The molecule has 1 unspecified atom stereocenters. The molecule has 3 N–H and O–H groups in total. The van der Waals surface area contributed by atoms with Crippen LogP contribution in [0.4, 0.5) is 11.4 Å². The summed E-state index contributed by atoms with van der Waals surface area (Å²) in [4.78, 5) is 14.3. The summed E-state index contributed by atoms with van der Waals surface area (Å²) >= 11 is 0. The number of guanidine groups is 1. The Bertz CT molecular complexity index is 490. The summed E-state index contributed by atoms with van der Waals surface area (Å²) in [6.45, 7) is 3.93. The molecule has 0 radical (unpaired) electrons. The number of nitrogens with zero attached hydrogens (tertiary/aromatic N) is 2. The highest BCUT2D eigenvalue weighted by Gasteiger charge is 2.05. The smallest absolute Gasteiger partial charge is 0.269 e. The van der Waals surface area contributed by atoms with Crippen molar-refractivity contribution in [2.75, 3.05) is 39.2 Å². The molecule has 0 aromatic heterocycles. The van der Waals surface area contributed by atoms with E-state index in [0.29, 0.717) is 25.7 Å². The van der Waals surface area contributed by atoms with Gasteiger partial charge >= 0.3 is 0 Å². The molecule has 0 bridgehead atoms. The molecule has 8 heteroatoms. The number of anilines is 1. The lowest BCUT2D eigenvalue weighted by Crippen LogP contribution is -2.45. The molecule has 122 valence electrons. The molecule has 0 aliphatic rings. The summed E-state index contributed by atoms with van der Waals surface area (Å²) in [6, 6.07) is 6.49. The van der Waals surface area contributed by atoms with Crippen LogP contribution >= 0.6 is 0 Å². The van der Waals surface area contributed by atoms with Gasteiger partial charge < -0.3 is 20.7 Å². The van der Waals surface area contributed by atoms with Crippen LogP contribution in [0.25, 0.3) is 0 Å². The van der Waals surface area contributed by atoms with Crippen molar-refractivity contribution in [2.24, 2.45) is 4.99 Å². The number of methoxy groups -OCH3 is 1. The number of non-ortho nitro benzene ring substituents is 1. The van der Waals surface area contributed by atoms with Gasteiger partial charge in [0.05, 0.1) is 11.5 Å². The lowest BCUT2D eigenvalue weighted by molar-refractivity contribution is -0.384. The summed E-state index contributed by atoms with van der Waals surface area (Å²) in [5.41, 5.74) is 0.920. The number of hydrogen-bond acceptors (Lipinski definition) is 5. The minimum absolute atomic E-state index is 0.0837. The fraction of sp³-hybridized carbons (Fsp3) is 0.500. The van der Waals surface area contributed by atoms with Gasteiger partial charge in [0.15, 0.2) is 5.96 Å². The number of nitrogens with one attached hydrogen (secondary N) is 3. The molecular formula is C14H23N5O3. The number of aliphatic imine (C=N–C) groups is 1. The molecule has 1 rings (SSSR count). The molecule has 1 aromatic carbocycles. The molecule has 0 spiro atoms. The van der Waals surface area contributed by atoms with Gasteiger partial charge in [-0.2, -0.15) is 0 Å². The molecular weight excluding hydrogens is 286 g/mol. The summed E-state index contributed by atoms with van der Waals surface area (Å²) in [7, 11) is 3.36. The van der Waals surface area contributed by atoms with Gasteiger partial charge in [-0.25, -0.2) is 0 Å². The van der Waals surface area contributed by atoms with Gasteiger partial charge in [0.2, 0.25) is 0 Å². The van der Waals surface area contributed by atoms with Crippen molar-refractivity contribution < 1.29 is 9.66 Å². The van der Waals surface area contributed by atoms with Crippen molar-refractivity contribution >= 4 is 17.3 Å². The molecule has 1 atom stereocenters. The van der Waals surface area contributed by atoms with Crippen LogP contribution in [0.2, 0.25) is 0 Å². The number of ether oxygens (including phenoxy) is 1. The maximum absolute atomic E-state index is 10.6. The minimum Gasteiger partial charge on any atom is -0.383 e. The predicted molar refractivity (Wildman–Crippen MR) is 87.4 cm³/mol. The maximum atomic E-state index is 10.6. The molecule has 0 fully saturated rings. The molecule has 0 aliphatic heterocycles. The van der Waals surface area contributed by atoms with Gasteiger partial charge in [0.1, 0.15) is 0 Å². The normalized spacial score (nSPS) is 12.6. The summed E-state index contributed by atoms with van der Waals surface area (Å²) < 4.78 is 5.05. The van der Waals surface area contributed by atoms with E-state index in [1.165, 1.54) is 12.1 Å². The average Bonchev–Trinajstić information content (AvgIpc) is 2.51. The van der Waals surface area contributed by atoms with E-state index in [1.807, 2.05) is 6.92 Å². The van der Waals surface area contributed by atoms with E-state index in [9.17, 15) is 10.1 Å². The SMILES string of the molecule is CN=C(NCCNc1ccc([N+](=O)[O-])cc1)NC(C)COC. The second-order valence-corrected chi connectivity index (χ2v) is 4.73.